The third-order valence-corrected chi connectivity index (χ3v) is 5.30. The number of halogens is 2. The van der Waals surface area contributed by atoms with Gasteiger partial charge in [0.05, 0.1) is 6.04 Å². The molecule has 0 amide bonds. The number of piperidine rings is 1. The van der Waals surface area contributed by atoms with Crippen LogP contribution >= 0.6 is 0 Å². The van der Waals surface area contributed by atoms with E-state index >= 15 is 0 Å². The Morgan fingerprint density at radius 3 is 2.60 bits per heavy atom. The molecule has 1 fully saturated rings. The minimum atomic E-state index is -0.201. The number of nitrogens with zero attached hydrogens (tertiary/aromatic N) is 1. The van der Waals surface area contributed by atoms with E-state index in [9.17, 15) is 8.78 Å². The van der Waals surface area contributed by atoms with E-state index in [2.05, 4.69) is 16.8 Å². The minimum Gasteiger partial charge on any atom is -0.357 e. The Morgan fingerprint density at radius 1 is 1.04 bits per heavy atom. The van der Waals surface area contributed by atoms with Crippen molar-refractivity contribution in [3.63, 3.8) is 0 Å². The summed E-state index contributed by atoms with van der Waals surface area (Å²) in [6, 6.07) is 12.0. The van der Waals surface area contributed by atoms with Crippen LogP contribution in [0.15, 0.2) is 42.5 Å². The van der Waals surface area contributed by atoms with Crippen LogP contribution in [0.2, 0.25) is 0 Å². The van der Waals surface area contributed by atoms with Gasteiger partial charge < -0.3 is 4.98 Å². The first kappa shape index (κ1) is 16.3. The molecule has 1 N–H and O–H groups in total. The van der Waals surface area contributed by atoms with Crippen LogP contribution in [-0.2, 0) is 6.54 Å². The molecule has 0 radical (unpaired) electrons. The standard InChI is InChI=1S/C21H22F2N2/c1-14-18-12-17(23)9-10-19(18)24-21(14)20-4-2-3-11-25(20)13-15-5-7-16(22)8-6-15/h5-10,12,20,24H,2-4,11,13H2,1H3. The van der Waals surface area contributed by atoms with Crippen LogP contribution in [0.4, 0.5) is 8.78 Å². The molecule has 2 heterocycles. The van der Waals surface area contributed by atoms with E-state index in [1.165, 1.54) is 36.7 Å². The van der Waals surface area contributed by atoms with Crippen LogP contribution in [0.3, 0.4) is 0 Å². The zero-order valence-corrected chi connectivity index (χ0v) is 14.4. The summed E-state index contributed by atoms with van der Waals surface area (Å²) >= 11 is 0. The van der Waals surface area contributed by atoms with Crippen molar-refractivity contribution in [2.24, 2.45) is 0 Å². The third kappa shape index (κ3) is 3.19. The highest BCUT2D eigenvalue weighted by Gasteiger charge is 2.27. The molecule has 25 heavy (non-hydrogen) atoms. The molecule has 0 saturated carbocycles. The van der Waals surface area contributed by atoms with E-state index in [-0.39, 0.29) is 17.7 Å². The summed E-state index contributed by atoms with van der Waals surface area (Å²) in [6.45, 7) is 3.89. The van der Waals surface area contributed by atoms with Gasteiger partial charge in [-0.05, 0) is 67.8 Å². The number of hydrogen-bond acceptors (Lipinski definition) is 1. The summed E-state index contributed by atoms with van der Waals surface area (Å²) < 4.78 is 26.8. The number of aromatic nitrogens is 1. The monoisotopic (exact) mass is 340 g/mol. The molecule has 1 aromatic heterocycles. The number of hydrogen-bond donors (Lipinski definition) is 1. The van der Waals surface area contributed by atoms with E-state index in [0.29, 0.717) is 0 Å². The normalized spacial score (nSPS) is 18.8. The van der Waals surface area contributed by atoms with Crippen LogP contribution in [-0.4, -0.2) is 16.4 Å². The number of aromatic amines is 1. The molecule has 1 saturated heterocycles. The SMILES string of the molecule is Cc1c(C2CCCCN2Cc2ccc(F)cc2)[nH]c2ccc(F)cc12. The Morgan fingerprint density at radius 2 is 1.80 bits per heavy atom. The first-order valence-corrected chi connectivity index (χ1v) is 8.88. The number of aryl methyl sites for hydroxylation is 1. The number of H-pyrrole nitrogens is 1. The van der Waals surface area contributed by atoms with Crippen LogP contribution < -0.4 is 0 Å². The highest BCUT2D eigenvalue weighted by molar-refractivity contribution is 5.84. The van der Waals surface area contributed by atoms with Gasteiger partial charge in [-0.1, -0.05) is 18.6 Å². The molecule has 1 aliphatic heterocycles. The van der Waals surface area contributed by atoms with E-state index in [0.717, 1.165) is 41.5 Å². The molecule has 0 aliphatic carbocycles. The molecule has 3 aromatic rings. The lowest BCUT2D eigenvalue weighted by Gasteiger charge is -2.35. The van der Waals surface area contributed by atoms with E-state index in [1.54, 1.807) is 6.07 Å². The zero-order valence-electron chi connectivity index (χ0n) is 14.4. The second-order valence-electron chi connectivity index (χ2n) is 6.96. The maximum Gasteiger partial charge on any atom is 0.123 e. The van der Waals surface area contributed by atoms with Gasteiger partial charge in [0.2, 0.25) is 0 Å². The molecule has 1 unspecified atom stereocenters. The molecule has 4 heteroatoms. The van der Waals surface area contributed by atoms with Gasteiger partial charge in [0.15, 0.2) is 0 Å². The van der Waals surface area contributed by atoms with Crippen molar-refractivity contribution in [1.29, 1.82) is 0 Å². The number of rotatable bonds is 3. The molecule has 1 atom stereocenters. The Kier molecular flexibility index (Phi) is 4.30. The van der Waals surface area contributed by atoms with Crippen molar-refractivity contribution in [3.05, 3.63) is 70.9 Å². The Labute approximate surface area is 146 Å². The van der Waals surface area contributed by atoms with Gasteiger partial charge >= 0.3 is 0 Å². The summed E-state index contributed by atoms with van der Waals surface area (Å²) in [5.74, 6) is -0.402. The largest absolute Gasteiger partial charge is 0.357 e. The lowest BCUT2D eigenvalue weighted by Crippen LogP contribution is -2.33. The summed E-state index contributed by atoms with van der Waals surface area (Å²) in [6.07, 6.45) is 3.44. The lowest BCUT2D eigenvalue weighted by atomic mass is 9.96. The predicted octanol–water partition coefficient (Wildman–Crippen LogP) is 5.48. The fraction of sp³-hybridized carbons (Fsp3) is 0.333. The fourth-order valence-corrected chi connectivity index (χ4v) is 3.98. The lowest BCUT2D eigenvalue weighted by molar-refractivity contribution is 0.137. The van der Waals surface area contributed by atoms with Gasteiger partial charge in [-0.25, -0.2) is 8.78 Å². The average Bonchev–Trinajstić information content (AvgIpc) is 2.94. The van der Waals surface area contributed by atoms with Gasteiger partial charge in [-0.15, -0.1) is 0 Å². The summed E-state index contributed by atoms with van der Waals surface area (Å²) in [5.41, 5.74) is 4.42. The number of likely N-dealkylation sites (tertiary alicyclic amines) is 1. The molecule has 2 nitrogen and oxygen atoms in total. The summed E-state index contributed by atoms with van der Waals surface area (Å²) in [4.78, 5) is 5.97. The third-order valence-electron chi connectivity index (χ3n) is 5.30. The van der Waals surface area contributed by atoms with Gasteiger partial charge in [0.1, 0.15) is 11.6 Å². The smallest absolute Gasteiger partial charge is 0.123 e. The zero-order chi connectivity index (χ0) is 17.4. The van der Waals surface area contributed by atoms with Crippen molar-refractivity contribution in [1.82, 2.24) is 9.88 Å². The average molecular weight is 340 g/mol. The topological polar surface area (TPSA) is 19.0 Å². The predicted molar refractivity (Wildman–Crippen MR) is 96.4 cm³/mol. The van der Waals surface area contributed by atoms with Gasteiger partial charge in [-0.3, -0.25) is 4.90 Å². The molecular formula is C21H22F2N2. The molecule has 0 bridgehead atoms. The summed E-state index contributed by atoms with van der Waals surface area (Å²) in [7, 11) is 0. The Balaban J connectivity index is 1.67. The first-order valence-electron chi connectivity index (χ1n) is 8.88. The maximum atomic E-state index is 13.6. The molecule has 4 rings (SSSR count). The van der Waals surface area contributed by atoms with Crippen LogP contribution in [0, 0.1) is 18.6 Å². The first-order chi connectivity index (χ1) is 12.1. The minimum absolute atomic E-state index is 0.201. The van der Waals surface area contributed by atoms with Crippen LogP contribution in [0.5, 0.6) is 0 Å². The van der Waals surface area contributed by atoms with Crippen molar-refractivity contribution < 1.29 is 8.78 Å². The van der Waals surface area contributed by atoms with Crippen molar-refractivity contribution in [2.75, 3.05) is 6.54 Å². The quantitative estimate of drug-likeness (QED) is 0.669. The maximum absolute atomic E-state index is 13.6. The van der Waals surface area contributed by atoms with Crippen molar-refractivity contribution in [2.45, 2.75) is 38.8 Å². The van der Waals surface area contributed by atoms with E-state index < -0.39 is 0 Å². The number of nitrogens with one attached hydrogen (secondary N) is 1. The van der Waals surface area contributed by atoms with Gasteiger partial charge in [0, 0.05) is 23.1 Å². The van der Waals surface area contributed by atoms with Gasteiger partial charge in [0.25, 0.3) is 0 Å². The number of benzene rings is 2. The molecule has 1 aliphatic rings. The molecule has 130 valence electrons. The van der Waals surface area contributed by atoms with E-state index in [4.69, 9.17) is 0 Å². The van der Waals surface area contributed by atoms with Crippen molar-refractivity contribution in [3.8, 4) is 0 Å². The van der Waals surface area contributed by atoms with E-state index in [1.807, 2.05) is 18.2 Å². The summed E-state index contributed by atoms with van der Waals surface area (Å²) in [5, 5.41) is 0.960. The highest BCUT2D eigenvalue weighted by atomic mass is 19.1. The van der Waals surface area contributed by atoms with Crippen LogP contribution in [0.1, 0.15) is 42.1 Å². The fourth-order valence-electron chi connectivity index (χ4n) is 3.98. The molecular weight excluding hydrogens is 318 g/mol. The van der Waals surface area contributed by atoms with Crippen molar-refractivity contribution >= 4 is 10.9 Å². The second-order valence-corrected chi connectivity index (χ2v) is 6.96. The Hall–Kier alpha value is -2.20. The molecule has 2 aromatic carbocycles. The second kappa shape index (κ2) is 6.60. The number of fused-ring (bicyclic) bond motifs is 1. The van der Waals surface area contributed by atoms with Gasteiger partial charge in [-0.2, -0.15) is 0 Å². The van der Waals surface area contributed by atoms with Crippen LogP contribution in [0.25, 0.3) is 10.9 Å². The Bertz CT molecular complexity index is 883. The molecule has 0 spiro atoms. The highest BCUT2D eigenvalue weighted by Crippen LogP contribution is 2.36.